The smallest absolute Gasteiger partial charge is 0.226 e. The van der Waals surface area contributed by atoms with Crippen LogP contribution in [-0.2, 0) is 4.79 Å². The number of anilines is 1. The molecular weight excluding hydrogens is 578 g/mol. The highest BCUT2D eigenvalue weighted by Gasteiger charge is 2.41. The first-order valence-corrected chi connectivity index (χ1v) is 14.9. The Bertz CT molecular complexity index is 1820. The van der Waals surface area contributed by atoms with Crippen LogP contribution in [0.3, 0.4) is 0 Å². The van der Waals surface area contributed by atoms with Crippen molar-refractivity contribution in [1.29, 1.82) is 0 Å². The quantitative estimate of drug-likeness (QED) is 0.180. The van der Waals surface area contributed by atoms with E-state index in [9.17, 15) is 4.79 Å². The number of nitrogens with one attached hydrogen (secondary N) is 2. The third-order valence-corrected chi connectivity index (χ3v) is 8.60. The number of nitrogens with zero attached hydrogens (tertiary/aromatic N) is 3. The summed E-state index contributed by atoms with van der Waals surface area (Å²) < 4.78 is 7.85. The maximum Gasteiger partial charge on any atom is 0.226 e. The first kappa shape index (κ1) is 28.7. The van der Waals surface area contributed by atoms with Gasteiger partial charge in [-0.3, -0.25) is 9.78 Å². The van der Waals surface area contributed by atoms with Crippen molar-refractivity contribution < 1.29 is 9.53 Å². The predicted octanol–water partition coefficient (Wildman–Crippen LogP) is 7.31. The molecule has 218 valence electrons. The second-order valence-electron chi connectivity index (χ2n) is 10.6. The summed E-state index contributed by atoms with van der Waals surface area (Å²) in [7, 11) is 1.66. The number of amides is 1. The number of benzene rings is 3. The molecule has 2 aromatic heterocycles. The van der Waals surface area contributed by atoms with Crippen molar-refractivity contribution in [2.45, 2.75) is 32.4 Å². The fourth-order valence-electron chi connectivity index (χ4n) is 6.05. The Kier molecular flexibility index (Phi) is 8.06. The van der Waals surface area contributed by atoms with Gasteiger partial charge in [0, 0.05) is 46.6 Å². The second kappa shape index (κ2) is 12.1. The largest absolute Gasteiger partial charge is 0.495 e. The van der Waals surface area contributed by atoms with Crippen LogP contribution in [0.1, 0.15) is 41.1 Å². The van der Waals surface area contributed by atoms with Crippen LogP contribution in [0.2, 0.25) is 5.02 Å². The average molecular weight is 610 g/mol. The van der Waals surface area contributed by atoms with Gasteiger partial charge in [0.25, 0.3) is 0 Å². The number of aryl methyl sites for hydroxylation is 1. The lowest BCUT2D eigenvalue weighted by Crippen LogP contribution is -2.33. The van der Waals surface area contributed by atoms with Gasteiger partial charge in [-0.15, -0.1) is 0 Å². The third-order valence-electron chi connectivity index (χ3n) is 8.01. The van der Waals surface area contributed by atoms with Crippen molar-refractivity contribution in [2.75, 3.05) is 19.0 Å². The highest BCUT2D eigenvalue weighted by molar-refractivity contribution is 7.80. The molecule has 1 aliphatic heterocycles. The third kappa shape index (κ3) is 5.56. The lowest BCUT2D eigenvalue weighted by molar-refractivity contribution is -0.116. The van der Waals surface area contributed by atoms with Crippen LogP contribution in [0.15, 0.2) is 91.1 Å². The van der Waals surface area contributed by atoms with Gasteiger partial charge in [0.2, 0.25) is 5.91 Å². The Morgan fingerprint density at radius 1 is 1.05 bits per heavy atom. The van der Waals surface area contributed by atoms with E-state index >= 15 is 0 Å². The van der Waals surface area contributed by atoms with Crippen molar-refractivity contribution in [3.8, 4) is 11.4 Å². The van der Waals surface area contributed by atoms with E-state index in [1.807, 2.05) is 78.9 Å². The van der Waals surface area contributed by atoms with Crippen molar-refractivity contribution >= 4 is 51.3 Å². The van der Waals surface area contributed by atoms with E-state index < -0.39 is 0 Å². The molecule has 9 heteroatoms. The van der Waals surface area contributed by atoms with Crippen LogP contribution >= 0.6 is 23.8 Å². The number of halogens is 1. The molecule has 1 amide bonds. The number of pyridine rings is 1. The zero-order chi connectivity index (χ0) is 30.1. The fraction of sp³-hybridized carbons (Fsp3) is 0.206. The van der Waals surface area contributed by atoms with Gasteiger partial charge >= 0.3 is 0 Å². The molecular formula is C34H32ClN5O2S. The molecule has 0 spiro atoms. The maximum absolute atomic E-state index is 13.3. The van der Waals surface area contributed by atoms with Gasteiger partial charge in [-0.2, -0.15) is 0 Å². The van der Waals surface area contributed by atoms with Gasteiger partial charge in [-0.25, -0.2) is 0 Å². The first-order valence-electron chi connectivity index (χ1n) is 14.1. The number of ether oxygens (including phenoxy) is 1. The summed E-state index contributed by atoms with van der Waals surface area (Å²) in [4.78, 5) is 20.1. The Balaban J connectivity index is 1.33. The first-order chi connectivity index (χ1) is 20.9. The van der Waals surface area contributed by atoms with Crippen LogP contribution in [0.4, 0.5) is 5.69 Å². The lowest BCUT2D eigenvalue weighted by atomic mass is 9.96. The summed E-state index contributed by atoms with van der Waals surface area (Å²) in [6, 6.07) is 27.2. The molecule has 7 nitrogen and oxygen atoms in total. The van der Waals surface area contributed by atoms with Gasteiger partial charge in [0.15, 0.2) is 5.11 Å². The average Bonchev–Trinajstić information content (AvgIpc) is 3.50. The zero-order valence-corrected chi connectivity index (χ0v) is 25.7. The summed E-state index contributed by atoms with van der Waals surface area (Å²) in [5.74, 6) is 0.648. The van der Waals surface area contributed by atoms with E-state index in [-0.39, 0.29) is 24.4 Å². The number of carbonyl (C=O) groups is 1. The van der Waals surface area contributed by atoms with E-state index in [0.29, 0.717) is 16.7 Å². The number of aromatic nitrogens is 2. The molecule has 0 radical (unpaired) electrons. The van der Waals surface area contributed by atoms with Crippen LogP contribution < -0.4 is 15.4 Å². The van der Waals surface area contributed by atoms with Crippen molar-refractivity contribution in [3.63, 3.8) is 0 Å². The Morgan fingerprint density at radius 2 is 1.84 bits per heavy atom. The molecule has 3 heterocycles. The summed E-state index contributed by atoms with van der Waals surface area (Å²) in [6.45, 7) is 4.58. The summed E-state index contributed by atoms with van der Waals surface area (Å²) >= 11 is 12.3. The minimum Gasteiger partial charge on any atom is -0.495 e. The second-order valence-corrected chi connectivity index (χ2v) is 11.4. The standard InChI is InChI=1S/C34H32ClN5O2S/c1-21-19-26(22(2)40(21)29-20-24(35)14-15-30(29)42-3)33-32(28-12-6-7-17-36-28)38-34(43)39(33)18-16-31(41)37-27-13-8-10-23-9-4-5-11-25(23)27/h4-15,17,19-20,32-33H,16,18H2,1-3H3,(H,37,41)(H,38,43). The number of rotatable bonds is 8. The molecule has 6 rings (SSSR count). The number of hydrogen-bond acceptors (Lipinski definition) is 4. The van der Waals surface area contributed by atoms with Crippen LogP contribution in [0, 0.1) is 13.8 Å². The molecule has 3 aromatic carbocycles. The van der Waals surface area contributed by atoms with E-state index in [1.54, 1.807) is 13.3 Å². The van der Waals surface area contributed by atoms with Gasteiger partial charge < -0.3 is 24.8 Å². The van der Waals surface area contributed by atoms with Gasteiger partial charge in [-0.1, -0.05) is 54.1 Å². The monoisotopic (exact) mass is 609 g/mol. The maximum atomic E-state index is 13.3. The molecule has 2 atom stereocenters. The summed E-state index contributed by atoms with van der Waals surface area (Å²) in [5, 5.41) is 9.91. The van der Waals surface area contributed by atoms with Crippen LogP contribution in [0.5, 0.6) is 5.75 Å². The van der Waals surface area contributed by atoms with Crippen LogP contribution in [-0.4, -0.2) is 39.1 Å². The summed E-state index contributed by atoms with van der Waals surface area (Å²) in [5.41, 5.74) is 5.67. The molecule has 0 aliphatic carbocycles. The van der Waals surface area contributed by atoms with Gasteiger partial charge in [-0.05, 0) is 79.5 Å². The minimum absolute atomic E-state index is 0.0756. The van der Waals surface area contributed by atoms with Crippen molar-refractivity contribution in [3.05, 3.63) is 119 Å². The van der Waals surface area contributed by atoms with Gasteiger partial charge in [0.05, 0.1) is 30.6 Å². The zero-order valence-electron chi connectivity index (χ0n) is 24.2. The fourth-order valence-corrected chi connectivity index (χ4v) is 6.55. The molecule has 1 saturated heterocycles. The van der Waals surface area contributed by atoms with Crippen molar-refractivity contribution in [2.24, 2.45) is 0 Å². The number of fused-ring (bicyclic) bond motifs is 1. The minimum atomic E-state index is -0.204. The topological polar surface area (TPSA) is 71.4 Å². The highest BCUT2D eigenvalue weighted by atomic mass is 35.5. The Labute approximate surface area is 261 Å². The van der Waals surface area contributed by atoms with E-state index in [1.165, 1.54) is 0 Å². The molecule has 2 N–H and O–H groups in total. The molecule has 5 aromatic rings. The van der Waals surface area contributed by atoms with Crippen LogP contribution in [0.25, 0.3) is 16.5 Å². The lowest BCUT2D eigenvalue weighted by Gasteiger charge is -2.28. The molecule has 0 saturated carbocycles. The van der Waals surface area contributed by atoms with Crippen molar-refractivity contribution in [1.82, 2.24) is 19.8 Å². The molecule has 1 aliphatic rings. The molecule has 43 heavy (non-hydrogen) atoms. The molecule has 2 unspecified atom stereocenters. The van der Waals surface area contributed by atoms with E-state index in [2.05, 4.69) is 45.0 Å². The number of thiocarbonyl (C=S) groups is 1. The highest BCUT2D eigenvalue weighted by Crippen LogP contribution is 2.42. The molecule has 1 fully saturated rings. The Morgan fingerprint density at radius 3 is 2.63 bits per heavy atom. The molecule has 0 bridgehead atoms. The Hall–Kier alpha value is -4.40. The SMILES string of the molecule is COc1ccc(Cl)cc1-n1c(C)cc(C2C(c3ccccn3)NC(=S)N2CCC(=O)Nc2cccc3ccccc23)c1C. The van der Waals surface area contributed by atoms with E-state index in [4.69, 9.17) is 28.6 Å². The van der Waals surface area contributed by atoms with Gasteiger partial charge in [0.1, 0.15) is 5.75 Å². The summed E-state index contributed by atoms with van der Waals surface area (Å²) in [6.07, 6.45) is 2.05. The number of methoxy groups -OCH3 is 1. The predicted molar refractivity (Wildman–Crippen MR) is 176 cm³/mol. The number of carbonyl (C=O) groups excluding carboxylic acids is 1. The number of hydrogen-bond donors (Lipinski definition) is 2. The normalized spacial score (nSPS) is 16.4. The van der Waals surface area contributed by atoms with E-state index in [0.717, 1.165) is 50.5 Å².